The van der Waals surface area contributed by atoms with E-state index in [0.717, 1.165) is 46.5 Å². The molecular weight excluding hydrogens is 1620 g/mol. The summed E-state index contributed by atoms with van der Waals surface area (Å²) < 4.78 is 45.5. The lowest BCUT2D eigenvalue weighted by molar-refractivity contribution is -0.147. The fraction of sp³-hybridized carbons (Fsp3) is 0.533. The molecule has 32 heteroatoms. The van der Waals surface area contributed by atoms with E-state index in [1.165, 1.54) is 36.4 Å². The highest BCUT2D eigenvalue weighted by Crippen LogP contribution is 2.39. The summed E-state index contributed by atoms with van der Waals surface area (Å²) in [6.45, 7) is 34.1. The van der Waals surface area contributed by atoms with E-state index in [2.05, 4.69) is 86.6 Å². The number of aromatic nitrogens is 9. The molecule has 28 nitrogen and oxygen atoms in total. The van der Waals surface area contributed by atoms with Crippen molar-refractivity contribution >= 4 is 70.6 Å². The van der Waals surface area contributed by atoms with Gasteiger partial charge in [-0.15, -0.1) is 12.4 Å². The molecule has 9 heterocycles. The number of halogens is 4. The average molecular weight is 1740 g/mol. The van der Waals surface area contributed by atoms with Gasteiger partial charge in [0, 0.05) is 116 Å². The summed E-state index contributed by atoms with van der Waals surface area (Å²) in [4.78, 5) is 116. The topological polar surface area (TPSA) is 360 Å². The predicted octanol–water partition coefficient (Wildman–Crippen LogP) is 11.4. The number of Topliss-reactive ketones (excluding diaryl/α,β-unsaturated/α-hetero) is 1. The molecule has 2 aliphatic carbocycles. The Labute approximate surface area is 727 Å². The number of nitrogens with zero attached hydrogens (tertiary/aromatic N) is 14. The van der Waals surface area contributed by atoms with Gasteiger partial charge in [-0.2, -0.15) is 15.3 Å². The summed E-state index contributed by atoms with van der Waals surface area (Å²) in [7, 11) is 0. The van der Waals surface area contributed by atoms with E-state index in [0.29, 0.717) is 137 Å². The molecule has 9 aromatic rings. The number of piperazine rings is 3. The van der Waals surface area contributed by atoms with Gasteiger partial charge in [-0.05, 0) is 207 Å². The number of carboxylic acid groups (broad SMARTS) is 1. The molecule has 3 aliphatic heterocycles. The Morgan fingerprint density at radius 1 is 0.452 bits per heavy atom. The van der Waals surface area contributed by atoms with E-state index in [-0.39, 0.29) is 135 Å². The Bertz CT molecular complexity index is 5370. The van der Waals surface area contributed by atoms with Crippen molar-refractivity contribution in [2.75, 3.05) is 65.5 Å². The van der Waals surface area contributed by atoms with Gasteiger partial charge in [0.15, 0.2) is 16.9 Å². The van der Waals surface area contributed by atoms with E-state index in [4.69, 9.17) is 30.3 Å². The monoisotopic (exact) mass is 1730 g/mol. The molecule has 5 aliphatic rings. The van der Waals surface area contributed by atoms with Crippen LogP contribution in [0.4, 0.5) is 13.2 Å². The molecule has 14 rings (SSSR count). The number of carbonyl (C=O) groups is 7. The highest BCUT2D eigenvalue weighted by Gasteiger charge is 2.45. The molecule has 124 heavy (non-hydrogen) atoms. The van der Waals surface area contributed by atoms with Gasteiger partial charge in [0.1, 0.15) is 58.6 Å². The van der Waals surface area contributed by atoms with Crippen LogP contribution in [-0.2, 0) is 35.4 Å². The van der Waals surface area contributed by atoms with Crippen molar-refractivity contribution in [2.24, 2.45) is 23.7 Å². The molecule has 668 valence electrons. The highest BCUT2D eigenvalue weighted by molar-refractivity contribution is 5.96. The number of benzene rings is 3. The van der Waals surface area contributed by atoms with E-state index in [1.54, 1.807) is 83.2 Å². The summed E-state index contributed by atoms with van der Waals surface area (Å²) >= 11 is 0. The van der Waals surface area contributed by atoms with Gasteiger partial charge in [-0.1, -0.05) is 62.3 Å². The zero-order valence-electron chi connectivity index (χ0n) is 73.5. The first-order valence-corrected chi connectivity index (χ1v) is 42.5. The summed E-state index contributed by atoms with van der Waals surface area (Å²) in [5.41, 5.74) is 7.40. The number of aliphatic hydroxyl groups is 5. The lowest BCUT2D eigenvalue weighted by Gasteiger charge is -2.47. The Hall–Kier alpha value is -10.2. The standard InChI is InChI=1S/C38H52FN5O8.C31H38FN5O4.C23H28FN5O.ClH/c1-37(2,3)26-18-27(22-10-12-25(39)13-11-22)41-44-19-28(40-34(26)44)36(52)43-17-16-42(21-38(43,4)5)35(51)24-8-6-23(7-9-24)29(46)14-15-30(47)32(49)33(50)31(48)20-45;1-30(2,3)23-16-24(19-10-12-22(32)13-11-19)34-37-17-25(33-26(23)37)28(39)36-15-14-35(18-31(36,4)5)27(38)20-6-8-21(9-7-20)29(40)41;1-22(2,3)17-12-18(15-6-8-16(24)9-7-15)27-29-13-19(26-20(17)29)21(30)28-11-10-25-14-23(28,4)5;/h10-13,18-19,23-24,30-33,45,47-50H,6-9,14-17,20-21H2,1-5H3;10-13,16-17,20-21H,6-9,14-15,18H2,1-5H3,(H,40,41);6-9,12-13,25H,10-11,14H2,1-5H3;1H/t23?,24?,30-,31+,32+,33+;;;/m0.../s1. The number of aliphatic carboxylic acids is 1. The van der Waals surface area contributed by atoms with Crippen molar-refractivity contribution < 1.29 is 77.4 Å². The largest absolute Gasteiger partial charge is 0.481 e. The first-order valence-electron chi connectivity index (χ1n) is 42.5. The summed E-state index contributed by atoms with van der Waals surface area (Å²) in [5, 5.41) is 75.2. The van der Waals surface area contributed by atoms with Crippen molar-refractivity contribution in [3.05, 3.63) is 161 Å². The number of fused-ring (bicyclic) bond motifs is 3. The maximum Gasteiger partial charge on any atom is 0.306 e. The molecule has 3 saturated heterocycles. The maximum absolute atomic E-state index is 14.0. The van der Waals surface area contributed by atoms with Gasteiger partial charge >= 0.3 is 5.97 Å². The molecule has 2 saturated carbocycles. The lowest BCUT2D eigenvalue weighted by atomic mass is 9.78. The quantitative estimate of drug-likeness (QED) is 0.0445. The van der Waals surface area contributed by atoms with Gasteiger partial charge in [-0.25, -0.2) is 41.7 Å². The minimum absolute atomic E-state index is 0. The van der Waals surface area contributed by atoms with Crippen LogP contribution in [0.2, 0.25) is 0 Å². The third kappa shape index (κ3) is 21.2. The van der Waals surface area contributed by atoms with Crippen molar-refractivity contribution in [1.82, 2.24) is 73.6 Å². The molecule has 3 aromatic carbocycles. The van der Waals surface area contributed by atoms with Gasteiger partial charge in [0.2, 0.25) is 11.8 Å². The SMILES string of the molecule is CC(C)(C)c1cc(-c2ccc(F)cc2)nn2cc(C(=O)N3CCN(C(=O)C4CCC(C(=O)CC[C@H](O)[C@@H](O)[C@H](O)[C@H](O)CO)CC4)CC3(C)C)nc12.CC(C)(C)c1cc(-c2ccc(F)cc2)nn2cc(C(=O)N3CCN(C(=O)C4CCC(C(=O)O)CC4)CC3(C)C)nc12.CC(C)(C)c1cc(-c2ccc(F)cc2)nn2cc(C(=O)N3CCNCC3(C)C)nc12.Cl. The minimum atomic E-state index is -1.74. The molecule has 0 spiro atoms. The molecule has 6 aromatic heterocycles. The van der Waals surface area contributed by atoms with Crippen molar-refractivity contribution in [3.63, 3.8) is 0 Å². The van der Waals surface area contributed by atoms with Gasteiger partial charge in [0.05, 0.1) is 70.9 Å². The van der Waals surface area contributed by atoms with Crippen LogP contribution in [0.3, 0.4) is 0 Å². The third-order valence-corrected chi connectivity index (χ3v) is 24.7. The van der Waals surface area contributed by atoms with Crippen LogP contribution in [0.25, 0.3) is 50.7 Å². The van der Waals surface area contributed by atoms with Gasteiger partial charge in [-0.3, -0.25) is 33.6 Å². The second kappa shape index (κ2) is 37.6. The molecule has 5 amide bonds. The molecule has 4 atom stereocenters. The number of imidazole rings is 3. The second-order valence-corrected chi connectivity index (χ2v) is 38.5. The maximum atomic E-state index is 14.0. The molecule has 0 unspecified atom stereocenters. The summed E-state index contributed by atoms with van der Waals surface area (Å²) in [6, 6.07) is 24.4. The van der Waals surface area contributed by atoms with Crippen LogP contribution in [0, 0.1) is 41.1 Å². The van der Waals surface area contributed by atoms with Crippen molar-refractivity contribution in [2.45, 2.75) is 225 Å². The number of carbonyl (C=O) groups excluding carboxylic acids is 6. The molecular formula is C92H119ClF3N15O13. The van der Waals surface area contributed by atoms with Crippen molar-refractivity contribution in [3.8, 4) is 33.8 Å². The zero-order chi connectivity index (χ0) is 89.5. The number of amides is 5. The van der Waals surface area contributed by atoms with Crippen LogP contribution < -0.4 is 5.32 Å². The number of rotatable bonds is 17. The molecule has 7 N–H and O–H groups in total. The number of nitrogens with one attached hydrogen (secondary N) is 1. The van der Waals surface area contributed by atoms with E-state index >= 15 is 0 Å². The second-order valence-electron chi connectivity index (χ2n) is 38.5. The van der Waals surface area contributed by atoms with Crippen molar-refractivity contribution in [1.29, 1.82) is 0 Å². The first kappa shape index (κ1) is 94.5. The first-order chi connectivity index (χ1) is 57.7. The lowest BCUT2D eigenvalue weighted by Crippen LogP contribution is -2.62. The number of carboxylic acids is 1. The van der Waals surface area contributed by atoms with Crippen LogP contribution in [0.5, 0.6) is 0 Å². The molecule has 0 radical (unpaired) electrons. The minimum Gasteiger partial charge on any atom is -0.481 e. The van der Waals surface area contributed by atoms with E-state index < -0.39 is 48.1 Å². The summed E-state index contributed by atoms with van der Waals surface area (Å²) in [6.07, 6.45) is 2.66. The van der Waals surface area contributed by atoms with Crippen LogP contribution in [0.1, 0.15) is 216 Å². The smallest absolute Gasteiger partial charge is 0.306 e. The van der Waals surface area contributed by atoms with Crippen LogP contribution in [0.15, 0.2) is 110 Å². The fourth-order valence-corrected chi connectivity index (χ4v) is 17.4. The van der Waals surface area contributed by atoms with Crippen LogP contribution in [-0.4, -0.2) is 247 Å². The number of hydrogen-bond donors (Lipinski definition) is 7. The van der Waals surface area contributed by atoms with Crippen LogP contribution >= 0.6 is 12.4 Å². The third-order valence-electron chi connectivity index (χ3n) is 24.7. The highest BCUT2D eigenvalue weighted by atomic mass is 35.5. The van der Waals surface area contributed by atoms with E-state index in [1.807, 2.05) is 55.7 Å². The molecule has 0 bridgehead atoms. The Balaban J connectivity index is 0.000000187. The van der Waals surface area contributed by atoms with E-state index in [9.17, 15) is 72.3 Å². The Kier molecular flexibility index (Phi) is 28.6. The van der Waals surface area contributed by atoms with Gasteiger partial charge < -0.3 is 60.5 Å². The Morgan fingerprint density at radius 3 is 1.07 bits per heavy atom. The fourth-order valence-electron chi connectivity index (χ4n) is 17.4. The normalized spacial score (nSPS) is 20.2. The number of aliphatic hydroxyl groups excluding tert-OH is 5. The van der Waals surface area contributed by atoms with Gasteiger partial charge in [0.25, 0.3) is 17.7 Å². The molecule has 5 fully saturated rings. The predicted molar refractivity (Wildman–Crippen MR) is 464 cm³/mol. The average Bonchev–Trinajstić information content (AvgIpc) is 1.61. The number of hydrogen-bond acceptors (Lipinski definition) is 19. The number of ketones is 1. The Morgan fingerprint density at radius 2 is 0.766 bits per heavy atom. The zero-order valence-corrected chi connectivity index (χ0v) is 74.3. The summed E-state index contributed by atoms with van der Waals surface area (Å²) in [5.74, 6) is -3.41.